The largest absolute Gasteiger partial charge is 0.0654 e. The molecule has 0 aliphatic carbocycles. The highest BCUT2D eigenvalue weighted by Crippen LogP contribution is 2.33. The molecule has 0 N–H and O–H groups in total. The van der Waals surface area contributed by atoms with Crippen molar-refractivity contribution >= 4 is 23.8 Å². The minimum Gasteiger partial charge on any atom is -0.0654 e. The highest BCUT2D eigenvalue weighted by Gasteiger charge is 2.16. The molecule has 0 spiro atoms. The molecule has 3 rings (SSSR count). The molecule has 0 aliphatic heterocycles. The van der Waals surface area contributed by atoms with Crippen molar-refractivity contribution in [3.8, 4) is 0 Å². The normalized spacial score (nSPS) is 11.1. The van der Waals surface area contributed by atoms with Gasteiger partial charge in [0, 0.05) is 0 Å². The first-order chi connectivity index (χ1) is 14.3. The first-order valence-electron chi connectivity index (χ1n) is 11.3. The summed E-state index contributed by atoms with van der Waals surface area (Å²) >= 11 is 0. The van der Waals surface area contributed by atoms with Crippen molar-refractivity contribution < 1.29 is 0 Å². The number of hydrogen-bond donors (Lipinski definition) is 0. The van der Waals surface area contributed by atoms with Gasteiger partial charge in [-0.25, -0.2) is 0 Å². The van der Waals surface area contributed by atoms with E-state index in [1.807, 2.05) is 0 Å². The number of rotatable bonds is 11. The van der Waals surface area contributed by atoms with Gasteiger partial charge in [0.25, 0.3) is 0 Å². The number of aryl methyl sites for hydroxylation is 2. The van der Waals surface area contributed by atoms with Crippen LogP contribution in [0.2, 0.25) is 0 Å². The van der Waals surface area contributed by atoms with Gasteiger partial charge >= 0.3 is 0 Å². The molecule has 0 unspecified atom stereocenters. The highest BCUT2D eigenvalue weighted by atomic mass is 31.1. The van der Waals surface area contributed by atoms with Crippen LogP contribution in [-0.4, -0.2) is 0 Å². The topological polar surface area (TPSA) is 0 Å². The van der Waals surface area contributed by atoms with Crippen molar-refractivity contribution in [2.24, 2.45) is 0 Å². The molecule has 0 aromatic heterocycles. The average molecular weight is 403 g/mol. The zero-order valence-corrected chi connectivity index (χ0v) is 19.0. The van der Waals surface area contributed by atoms with E-state index in [0.717, 1.165) is 0 Å². The summed E-state index contributed by atoms with van der Waals surface area (Å²) in [6.07, 6.45) is 10.2. The lowest BCUT2D eigenvalue weighted by atomic mass is 10.1. The van der Waals surface area contributed by atoms with E-state index in [1.54, 1.807) is 0 Å². The predicted octanol–water partition coefficient (Wildman–Crippen LogP) is 6.91. The molecule has 3 aromatic carbocycles. The molecule has 0 atom stereocenters. The van der Waals surface area contributed by atoms with Crippen LogP contribution in [0.25, 0.3) is 0 Å². The Balaban J connectivity index is 1.82. The number of hydrogen-bond acceptors (Lipinski definition) is 0. The molecule has 0 nitrogen and oxygen atoms in total. The van der Waals surface area contributed by atoms with Gasteiger partial charge in [-0.05, 0) is 60.6 Å². The van der Waals surface area contributed by atoms with Gasteiger partial charge in [-0.3, -0.25) is 0 Å². The van der Waals surface area contributed by atoms with Gasteiger partial charge in [0.2, 0.25) is 0 Å². The standard InChI is InChI=1S/C28H35P/c1-3-5-8-12-24-16-20-27(21-17-24)29(26-14-10-7-11-15-26)28-22-18-25(19-23-28)13-9-6-4-2/h7,10-11,14-23H,3-6,8-9,12-13H2,1-2H3. The van der Waals surface area contributed by atoms with Crippen LogP contribution in [0.5, 0.6) is 0 Å². The Morgan fingerprint density at radius 3 is 1.31 bits per heavy atom. The molecule has 0 saturated carbocycles. The van der Waals surface area contributed by atoms with Crippen LogP contribution in [0.1, 0.15) is 63.5 Å². The molecule has 0 amide bonds. The molecular formula is C28H35P. The van der Waals surface area contributed by atoms with Crippen LogP contribution >= 0.6 is 7.92 Å². The third kappa shape index (κ3) is 6.55. The molecule has 0 radical (unpaired) electrons. The fraction of sp³-hybridized carbons (Fsp3) is 0.357. The van der Waals surface area contributed by atoms with E-state index in [1.165, 1.54) is 78.4 Å². The van der Waals surface area contributed by atoms with Gasteiger partial charge in [-0.2, -0.15) is 0 Å². The Bertz CT molecular complexity index is 765. The van der Waals surface area contributed by atoms with Gasteiger partial charge in [-0.1, -0.05) is 118 Å². The minimum absolute atomic E-state index is 0.503. The van der Waals surface area contributed by atoms with Crippen LogP contribution in [0.4, 0.5) is 0 Å². The molecule has 0 fully saturated rings. The van der Waals surface area contributed by atoms with E-state index in [0.29, 0.717) is 0 Å². The SMILES string of the molecule is CCCCCc1ccc(P(c2ccccc2)c2ccc(CCCCC)cc2)cc1. The van der Waals surface area contributed by atoms with E-state index in [2.05, 4.69) is 92.7 Å². The van der Waals surface area contributed by atoms with Crippen molar-refractivity contribution in [3.05, 3.63) is 90.0 Å². The van der Waals surface area contributed by atoms with Crippen LogP contribution in [0.3, 0.4) is 0 Å². The van der Waals surface area contributed by atoms with Gasteiger partial charge in [0.15, 0.2) is 0 Å². The lowest BCUT2D eigenvalue weighted by Crippen LogP contribution is -2.20. The van der Waals surface area contributed by atoms with E-state index in [-0.39, 0.29) is 0 Å². The van der Waals surface area contributed by atoms with Crippen molar-refractivity contribution in [3.63, 3.8) is 0 Å². The highest BCUT2D eigenvalue weighted by molar-refractivity contribution is 7.79. The van der Waals surface area contributed by atoms with Gasteiger partial charge in [0.05, 0.1) is 0 Å². The molecule has 0 aliphatic rings. The maximum atomic E-state index is 2.37. The summed E-state index contributed by atoms with van der Waals surface area (Å²) in [5, 5.41) is 4.33. The summed E-state index contributed by atoms with van der Waals surface area (Å²) in [5.41, 5.74) is 2.94. The number of unbranched alkanes of at least 4 members (excludes halogenated alkanes) is 4. The van der Waals surface area contributed by atoms with Crippen molar-refractivity contribution in [2.75, 3.05) is 0 Å². The average Bonchev–Trinajstić information content (AvgIpc) is 2.77. The summed E-state index contributed by atoms with van der Waals surface area (Å²) in [7, 11) is -0.503. The van der Waals surface area contributed by atoms with Gasteiger partial charge in [-0.15, -0.1) is 0 Å². The molecule has 0 saturated heterocycles. The zero-order valence-electron chi connectivity index (χ0n) is 18.1. The quantitative estimate of drug-likeness (QED) is 0.241. The predicted molar refractivity (Wildman–Crippen MR) is 132 cm³/mol. The first kappa shape index (κ1) is 21.8. The Labute approximate surface area is 179 Å². The van der Waals surface area contributed by atoms with Crippen molar-refractivity contribution in [1.29, 1.82) is 0 Å². The van der Waals surface area contributed by atoms with E-state index in [9.17, 15) is 0 Å². The molecule has 0 bridgehead atoms. The molecule has 152 valence electrons. The monoisotopic (exact) mass is 402 g/mol. The fourth-order valence-corrected chi connectivity index (χ4v) is 6.07. The summed E-state index contributed by atoms with van der Waals surface area (Å²) in [6, 6.07) is 29.9. The van der Waals surface area contributed by atoms with Crippen molar-refractivity contribution in [1.82, 2.24) is 0 Å². The lowest BCUT2D eigenvalue weighted by molar-refractivity contribution is 0.717. The molecule has 29 heavy (non-hydrogen) atoms. The van der Waals surface area contributed by atoms with E-state index in [4.69, 9.17) is 0 Å². The van der Waals surface area contributed by atoms with Crippen LogP contribution < -0.4 is 15.9 Å². The lowest BCUT2D eigenvalue weighted by Gasteiger charge is -2.20. The molecule has 3 aromatic rings. The maximum Gasteiger partial charge on any atom is -0.0134 e. The molecular weight excluding hydrogens is 367 g/mol. The van der Waals surface area contributed by atoms with Crippen LogP contribution in [0, 0.1) is 0 Å². The van der Waals surface area contributed by atoms with E-state index >= 15 is 0 Å². The number of benzene rings is 3. The third-order valence-electron chi connectivity index (χ3n) is 5.54. The Morgan fingerprint density at radius 1 is 0.483 bits per heavy atom. The summed E-state index contributed by atoms with van der Waals surface area (Å²) in [5.74, 6) is 0. The first-order valence-corrected chi connectivity index (χ1v) is 12.7. The summed E-state index contributed by atoms with van der Waals surface area (Å²) in [4.78, 5) is 0. The second kappa shape index (κ2) is 11.9. The Hall–Kier alpha value is -1.91. The Kier molecular flexibility index (Phi) is 8.97. The fourth-order valence-electron chi connectivity index (χ4n) is 3.81. The zero-order chi connectivity index (χ0) is 20.3. The van der Waals surface area contributed by atoms with Crippen molar-refractivity contribution in [2.45, 2.75) is 65.2 Å². The maximum absolute atomic E-state index is 2.37. The molecule has 1 heteroatoms. The Morgan fingerprint density at radius 2 is 0.897 bits per heavy atom. The van der Waals surface area contributed by atoms with Crippen LogP contribution in [0.15, 0.2) is 78.9 Å². The second-order valence-corrected chi connectivity index (χ2v) is 10.1. The van der Waals surface area contributed by atoms with Gasteiger partial charge < -0.3 is 0 Å². The minimum atomic E-state index is -0.503. The van der Waals surface area contributed by atoms with Crippen LogP contribution in [-0.2, 0) is 12.8 Å². The summed E-state index contributed by atoms with van der Waals surface area (Å²) < 4.78 is 0. The summed E-state index contributed by atoms with van der Waals surface area (Å²) in [6.45, 7) is 4.54. The molecule has 0 heterocycles. The third-order valence-corrected chi connectivity index (χ3v) is 7.99. The smallest absolute Gasteiger partial charge is 0.0134 e. The van der Waals surface area contributed by atoms with E-state index < -0.39 is 7.92 Å². The van der Waals surface area contributed by atoms with Gasteiger partial charge in [0.1, 0.15) is 0 Å². The second-order valence-electron chi connectivity index (χ2n) is 7.92.